The Bertz CT molecular complexity index is 1300. The minimum absolute atomic E-state index is 0.0478. The van der Waals surface area contributed by atoms with Crippen molar-refractivity contribution >= 4 is 5.78 Å². The number of rotatable bonds is 8. The van der Waals surface area contributed by atoms with Crippen LogP contribution < -0.4 is 14.2 Å². The monoisotopic (exact) mass is 596 g/mol. The predicted molar refractivity (Wildman–Crippen MR) is 136 cm³/mol. The Hall–Kier alpha value is -3.25. The number of aromatic hydroxyl groups is 2. The van der Waals surface area contributed by atoms with Gasteiger partial charge in [0.05, 0.1) is 33.4 Å². The molecule has 8 N–H and O–H groups in total. The van der Waals surface area contributed by atoms with Crippen molar-refractivity contribution in [2.75, 3.05) is 26.9 Å². The lowest BCUT2D eigenvalue weighted by Crippen LogP contribution is -2.62. The average molecular weight is 597 g/mol. The van der Waals surface area contributed by atoms with Crippen LogP contribution in [0.1, 0.15) is 28.4 Å². The summed E-state index contributed by atoms with van der Waals surface area (Å²) in [7, 11) is 1.37. The molecule has 3 heterocycles. The van der Waals surface area contributed by atoms with Gasteiger partial charge >= 0.3 is 0 Å². The molecule has 0 radical (unpaired) electrons. The van der Waals surface area contributed by atoms with Crippen LogP contribution >= 0.6 is 0 Å². The number of carbonyl (C=O) groups excluding carboxylic acids is 1. The van der Waals surface area contributed by atoms with Crippen molar-refractivity contribution in [3.05, 3.63) is 41.5 Å². The van der Waals surface area contributed by atoms with E-state index >= 15 is 0 Å². The number of phenols is 2. The van der Waals surface area contributed by atoms with Crippen LogP contribution in [-0.2, 0) is 14.2 Å². The van der Waals surface area contributed by atoms with Crippen molar-refractivity contribution in [1.82, 2.24) is 0 Å². The Morgan fingerprint density at radius 2 is 1.79 bits per heavy atom. The lowest BCUT2D eigenvalue weighted by molar-refractivity contribution is -0.318. The molecular weight excluding hydrogens is 564 g/mol. The van der Waals surface area contributed by atoms with Gasteiger partial charge < -0.3 is 69.3 Å². The third-order valence-electron chi connectivity index (χ3n) is 7.50. The molecule has 0 bridgehead atoms. The van der Waals surface area contributed by atoms with Crippen LogP contribution in [0.5, 0.6) is 28.7 Å². The van der Waals surface area contributed by atoms with Crippen molar-refractivity contribution in [3.8, 4) is 28.7 Å². The highest BCUT2D eigenvalue weighted by atomic mass is 16.8. The summed E-state index contributed by atoms with van der Waals surface area (Å²) in [4.78, 5) is 13.0. The standard InChI is InChI=1S/C27H32O15/c1-37-17-4-11(2-3-13(17)30)16-7-15(32)20-14(31)5-12(6-18(20)40-16)39-25-23(22(34)21(33)19(8-28)41-25)42-26-24(35)27(36,9-29)10-38-26/h2-6,16,19,21-26,28-31,33-36H,7-10H2,1H3/t16-,19+,21+,22-,23+,24-,25+,26?,27+/m0/s1. The van der Waals surface area contributed by atoms with E-state index in [0.29, 0.717) is 5.56 Å². The lowest BCUT2D eigenvalue weighted by Gasteiger charge is -2.42. The van der Waals surface area contributed by atoms with Gasteiger partial charge in [0, 0.05) is 12.1 Å². The van der Waals surface area contributed by atoms with E-state index < -0.39 is 86.2 Å². The number of hydrogen-bond acceptors (Lipinski definition) is 15. The van der Waals surface area contributed by atoms with Gasteiger partial charge in [0.25, 0.3) is 0 Å². The normalized spacial score (nSPS) is 34.5. The second kappa shape index (κ2) is 11.8. The van der Waals surface area contributed by atoms with Crippen molar-refractivity contribution in [3.63, 3.8) is 0 Å². The summed E-state index contributed by atoms with van der Waals surface area (Å²) in [5.74, 6) is -1.02. The molecule has 15 heteroatoms. The fourth-order valence-electron chi connectivity index (χ4n) is 5.06. The van der Waals surface area contributed by atoms with E-state index in [-0.39, 0.29) is 35.0 Å². The molecule has 3 aliphatic rings. The van der Waals surface area contributed by atoms with E-state index in [1.165, 1.54) is 25.3 Å². The van der Waals surface area contributed by atoms with Gasteiger partial charge in [-0.15, -0.1) is 0 Å². The lowest BCUT2D eigenvalue weighted by atomic mass is 9.95. The molecule has 1 unspecified atom stereocenters. The number of methoxy groups -OCH3 is 1. The molecular formula is C27H32O15. The fraction of sp³-hybridized carbons (Fsp3) is 0.519. The van der Waals surface area contributed by atoms with E-state index in [2.05, 4.69) is 0 Å². The molecule has 15 nitrogen and oxygen atoms in total. The number of phenolic OH excluding ortho intramolecular Hbond substituents is 2. The molecule has 0 aromatic heterocycles. The maximum absolute atomic E-state index is 13.0. The number of carbonyl (C=O) groups is 1. The summed E-state index contributed by atoms with van der Waals surface area (Å²) in [6.45, 7) is -2.06. The zero-order valence-corrected chi connectivity index (χ0v) is 22.3. The Balaban J connectivity index is 1.41. The SMILES string of the molecule is COc1cc([C@@H]2CC(=O)c3c(O)cc(O[C@@H]4O[C@H](CO)[C@@H](O)[C@H](O)[C@H]4OC4OC[C@](O)(CO)[C@H]4O)cc3O2)ccc1O. The zero-order valence-electron chi connectivity index (χ0n) is 22.3. The first-order chi connectivity index (χ1) is 20.0. The van der Waals surface area contributed by atoms with Crippen molar-refractivity contribution in [1.29, 1.82) is 0 Å². The Morgan fingerprint density at radius 3 is 2.45 bits per heavy atom. The van der Waals surface area contributed by atoms with Gasteiger partial charge in [-0.2, -0.15) is 0 Å². The first kappa shape index (κ1) is 30.2. The smallest absolute Gasteiger partial charge is 0.229 e. The summed E-state index contributed by atoms with van der Waals surface area (Å²) in [5, 5.41) is 81.5. The van der Waals surface area contributed by atoms with E-state index in [0.717, 1.165) is 6.07 Å². The quantitative estimate of drug-likeness (QED) is 0.172. The van der Waals surface area contributed by atoms with Crippen LogP contribution in [0.4, 0.5) is 0 Å². The number of ketones is 1. The summed E-state index contributed by atoms with van der Waals surface area (Å²) in [6, 6.07) is 6.83. The Kier molecular flexibility index (Phi) is 8.48. The molecule has 0 aliphatic carbocycles. The number of Topliss-reactive ketones (excluding diaryl/α,β-unsaturated/α-hetero) is 1. The summed E-state index contributed by atoms with van der Waals surface area (Å²) >= 11 is 0. The maximum Gasteiger partial charge on any atom is 0.229 e. The highest BCUT2D eigenvalue weighted by molar-refractivity contribution is 6.02. The number of aliphatic hydroxyl groups excluding tert-OH is 5. The maximum atomic E-state index is 13.0. The van der Waals surface area contributed by atoms with Crippen LogP contribution in [0.3, 0.4) is 0 Å². The van der Waals surface area contributed by atoms with Crippen molar-refractivity contribution < 1.29 is 74.1 Å². The molecule has 2 saturated heterocycles. The molecule has 9 atom stereocenters. The molecule has 0 amide bonds. The summed E-state index contributed by atoms with van der Waals surface area (Å²) < 4.78 is 33.4. The third kappa shape index (κ3) is 5.46. The number of aliphatic hydroxyl groups is 6. The Morgan fingerprint density at radius 1 is 1.02 bits per heavy atom. The number of ether oxygens (including phenoxy) is 6. The highest BCUT2D eigenvalue weighted by Gasteiger charge is 2.53. The largest absolute Gasteiger partial charge is 0.507 e. The van der Waals surface area contributed by atoms with E-state index in [4.69, 9.17) is 28.4 Å². The van der Waals surface area contributed by atoms with E-state index in [1.54, 1.807) is 6.07 Å². The highest BCUT2D eigenvalue weighted by Crippen LogP contribution is 2.44. The first-order valence-electron chi connectivity index (χ1n) is 13.0. The molecule has 42 heavy (non-hydrogen) atoms. The third-order valence-corrected chi connectivity index (χ3v) is 7.50. The first-order valence-corrected chi connectivity index (χ1v) is 13.0. The van der Waals surface area contributed by atoms with Gasteiger partial charge in [0.2, 0.25) is 6.29 Å². The molecule has 2 aromatic carbocycles. The van der Waals surface area contributed by atoms with Crippen molar-refractivity contribution in [2.24, 2.45) is 0 Å². The van der Waals surface area contributed by atoms with Gasteiger partial charge in [-0.05, 0) is 17.7 Å². The van der Waals surface area contributed by atoms with Gasteiger partial charge in [-0.3, -0.25) is 4.79 Å². The van der Waals surface area contributed by atoms with Crippen LogP contribution in [0, 0.1) is 0 Å². The molecule has 3 aliphatic heterocycles. The number of hydrogen-bond donors (Lipinski definition) is 8. The predicted octanol–water partition coefficient (Wildman–Crippen LogP) is -1.54. The number of fused-ring (bicyclic) bond motifs is 1. The second-order valence-electron chi connectivity index (χ2n) is 10.3. The van der Waals surface area contributed by atoms with Gasteiger partial charge in [0.1, 0.15) is 58.9 Å². The van der Waals surface area contributed by atoms with E-state index in [1.807, 2.05) is 0 Å². The molecule has 230 valence electrons. The van der Waals surface area contributed by atoms with Crippen LogP contribution in [-0.4, -0.2) is 122 Å². The molecule has 0 spiro atoms. The molecule has 2 aromatic rings. The second-order valence-corrected chi connectivity index (χ2v) is 10.3. The van der Waals surface area contributed by atoms with Gasteiger partial charge in [-0.1, -0.05) is 6.07 Å². The van der Waals surface area contributed by atoms with Crippen LogP contribution in [0.25, 0.3) is 0 Å². The van der Waals surface area contributed by atoms with Crippen LogP contribution in [0.2, 0.25) is 0 Å². The topological polar surface area (TPSA) is 234 Å². The average Bonchev–Trinajstić information content (AvgIpc) is 3.25. The van der Waals surface area contributed by atoms with Gasteiger partial charge in [-0.25, -0.2) is 0 Å². The van der Waals surface area contributed by atoms with Crippen molar-refractivity contribution in [2.45, 2.75) is 61.2 Å². The summed E-state index contributed by atoms with van der Waals surface area (Å²) in [5.41, 5.74) is -1.63. The van der Waals surface area contributed by atoms with Crippen LogP contribution in [0.15, 0.2) is 30.3 Å². The minimum atomic E-state index is -2.04. The molecule has 0 saturated carbocycles. The summed E-state index contributed by atoms with van der Waals surface area (Å²) in [6.07, 6.45) is -12.2. The minimum Gasteiger partial charge on any atom is -0.507 e. The Labute approximate surface area is 238 Å². The van der Waals surface area contributed by atoms with E-state index in [9.17, 15) is 45.6 Å². The van der Waals surface area contributed by atoms with Gasteiger partial charge in [0.15, 0.2) is 29.7 Å². The fourth-order valence-corrected chi connectivity index (χ4v) is 5.06. The molecule has 2 fully saturated rings. The number of benzene rings is 2. The molecule has 5 rings (SSSR count). The zero-order chi connectivity index (χ0) is 30.3.